The van der Waals surface area contributed by atoms with Crippen LogP contribution in [0.4, 0.5) is 5.69 Å². The number of ether oxygens (including phenoxy) is 1. The van der Waals surface area contributed by atoms with Gasteiger partial charge in [0.2, 0.25) is 11.8 Å². The van der Waals surface area contributed by atoms with Gasteiger partial charge in [-0.15, -0.1) is 0 Å². The number of carbonyl (C=O) groups excluding carboxylic acids is 2. The van der Waals surface area contributed by atoms with Gasteiger partial charge in [-0.2, -0.15) is 0 Å². The maximum absolute atomic E-state index is 12.2. The first kappa shape index (κ1) is 17.5. The molecule has 140 valence electrons. The Balaban J connectivity index is 1.41. The monoisotopic (exact) mass is 358 g/mol. The maximum Gasteiger partial charge on any atom is 0.249 e. The Morgan fingerprint density at radius 3 is 2.58 bits per heavy atom. The Labute approximate surface area is 153 Å². The summed E-state index contributed by atoms with van der Waals surface area (Å²) in [6.45, 7) is 1.15. The quantitative estimate of drug-likeness (QED) is 0.816. The van der Waals surface area contributed by atoms with Crippen LogP contribution in [0.2, 0.25) is 0 Å². The van der Waals surface area contributed by atoms with Crippen molar-refractivity contribution in [2.24, 2.45) is 11.8 Å². The first-order valence-corrected chi connectivity index (χ1v) is 9.58. The Bertz CT molecular complexity index is 667. The molecular formula is C20H26N2O4. The number of rotatable bonds is 6. The number of anilines is 1. The number of carbonyl (C=O) groups is 2. The van der Waals surface area contributed by atoms with Crippen LogP contribution in [0.25, 0.3) is 0 Å². The number of aliphatic hydroxyl groups is 1. The summed E-state index contributed by atoms with van der Waals surface area (Å²) in [5, 5.41) is 13.7. The molecule has 2 aliphatic carbocycles. The van der Waals surface area contributed by atoms with Crippen LogP contribution in [0, 0.1) is 11.8 Å². The van der Waals surface area contributed by atoms with Crippen LogP contribution in [0.5, 0.6) is 0 Å². The van der Waals surface area contributed by atoms with Gasteiger partial charge < -0.3 is 20.1 Å². The van der Waals surface area contributed by atoms with E-state index in [0.29, 0.717) is 19.1 Å². The van der Waals surface area contributed by atoms with Gasteiger partial charge in [-0.05, 0) is 49.3 Å². The summed E-state index contributed by atoms with van der Waals surface area (Å²) in [7, 11) is 0. The topological polar surface area (TPSA) is 78.9 Å². The molecule has 0 bridgehead atoms. The molecule has 2 saturated carbocycles. The van der Waals surface area contributed by atoms with Crippen LogP contribution in [-0.4, -0.2) is 47.6 Å². The fourth-order valence-electron chi connectivity index (χ4n) is 3.60. The van der Waals surface area contributed by atoms with Crippen molar-refractivity contribution in [2.45, 2.75) is 44.2 Å². The molecule has 4 rings (SSSR count). The molecule has 0 radical (unpaired) electrons. The van der Waals surface area contributed by atoms with Crippen molar-refractivity contribution < 1.29 is 19.4 Å². The van der Waals surface area contributed by atoms with Crippen molar-refractivity contribution in [3.8, 4) is 0 Å². The number of hydrogen-bond acceptors (Lipinski definition) is 4. The van der Waals surface area contributed by atoms with Crippen LogP contribution in [0.3, 0.4) is 0 Å². The Morgan fingerprint density at radius 1 is 1.23 bits per heavy atom. The average Bonchev–Trinajstić information content (AvgIpc) is 3.39. The molecule has 1 aromatic rings. The third kappa shape index (κ3) is 3.76. The molecule has 3 aliphatic rings. The molecular weight excluding hydrogens is 332 g/mol. The van der Waals surface area contributed by atoms with E-state index in [-0.39, 0.29) is 30.4 Å². The van der Waals surface area contributed by atoms with Crippen LogP contribution < -0.4 is 5.32 Å². The largest absolute Gasteiger partial charge is 0.386 e. The van der Waals surface area contributed by atoms with Gasteiger partial charge >= 0.3 is 0 Å². The van der Waals surface area contributed by atoms with E-state index in [0.717, 1.165) is 43.4 Å². The van der Waals surface area contributed by atoms with Gasteiger partial charge in [-0.1, -0.05) is 18.6 Å². The minimum absolute atomic E-state index is 0.0448. The second kappa shape index (κ2) is 7.37. The number of benzene rings is 1. The predicted octanol–water partition coefficient (Wildman–Crippen LogP) is 2.10. The summed E-state index contributed by atoms with van der Waals surface area (Å²) in [5.74, 6) is 0.737. The van der Waals surface area contributed by atoms with Crippen molar-refractivity contribution in [2.75, 3.05) is 25.1 Å². The Hall–Kier alpha value is -1.92. The second-order valence-corrected chi connectivity index (χ2v) is 7.76. The molecule has 2 atom stereocenters. The van der Waals surface area contributed by atoms with E-state index < -0.39 is 6.10 Å². The molecule has 0 aromatic heterocycles. The van der Waals surface area contributed by atoms with Crippen molar-refractivity contribution >= 4 is 17.5 Å². The van der Waals surface area contributed by atoms with Crippen LogP contribution in [0.1, 0.15) is 43.8 Å². The van der Waals surface area contributed by atoms with Crippen molar-refractivity contribution in [3.05, 3.63) is 29.8 Å². The number of nitrogens with zero attached hydrogens (tertiary/aromatic N) is 1. The lowest BCUT2D eigenvalue weighted by Crippen LogP contribution is -2.52. The van der Waals surface area contributed by atoms with Crippen molar-refractivity contribution in [1.29, 1.82) is 0 Å². The molecule has 26 heavy (non-hydrogen) atoms. The molecule has 6 heteroatoms. The molecule has 3 fully saturated rings. The Kier molecular flexibility index (Phi) is 4.96. The lowest BCUT2D eigenvalue weighted by molar-refractivity contribution is -0.154. The number of hydrogen-bond donors (Lipinski definition) is 2. The van der Waals surface area contributed by atoms with Crippen molar-refractivity contribution in [1.82, 2.24) is 4.90 Å². The third-order valence-corrected chi connectivity index (χ3v) is 5.75. The van der Waals surface area contributed by atoms with E-state index in [4.69, 9.17) is 4.74 Å². The van der Waals surface area contributed by atoms with E-state index in [1.807, 2.05) is 24.3 Å². The van der Waals surface area contributed by atoms with Gasteiger partial charge in [-0.3, -0.25) is 9.59 Å². The van der Waals surface area contributed by atoms with Gasteiger partial charge in [0.05, 0.1) is 12.6 Å². The molecule has 2 N–H and O–H groups in total. The summed E-state index contributed by atoms with van der Waals surface area (Å²) in [5.41, 5.74) is 1.47. The smallest absolute Gasteiger partial charge is 0.249 e. The predicted molar refractivity (Wildman–Crippen MR) is 96.4 cm³/mol. The van der Waals surface area contributed by atoms with Crippen LogP contribution in [-0.2, 0) is 14.3 Å². The van der Waals surface area contributed by atoms with Crippen LogP contribution >= 0.6 is 0 Å². The number of aliphatic hydroxyl groups excluding tert-OH is 1. The van der Waals surface area contributed by atoms with Gasteiger partial charge in [0, 0.05) is 18.2 Å². The highest BCUT2D eigenvalue weighted by atomic mass is 16.5. The highest BCUT2D eigenvalue weighted by molar-refractivity contribution is 5.93. The molecule has 0 spiro atoms. The van der Waals surface area contributed by atoms with Gasteiger partial charge in [0.1, 0.15) is 12.7 Å². The van der Waals surface area contributed by atoms with E-state index >= 15 is 0 Å². The fraction of sp³-hybridized carbons (Fsp3) is 0.600. The molecule has 2 amide bonds. The van der Waals surface area contributed by atoms with Gasteiger partial charge in [0.25, 0.3) is 0 Å². The maximum atomic E-state index is 12.2. The lowest BCUT2D eigenvalue weighted by Gasteiger charge is -2.38. The zero-order valence-corrected chi connectivity index (χ0v) is 14.9. The van der Waals surface area contributed by atoms with Gasteiger partial charge in [-0.25, -0.2) is 0 Å². The summed E-state index contributed by atoms with van der Waals surface area (Å²) in [6.07, 6.45) is 4.58. The molecule has 1 heterocycles. The molecule has 1 aliphatic heterocycles. The average molecular weight is 358 g/mol. The summed E-state index contributed by atoms with van der Waals surface area (Å²) >= 11 is 0. The highest BCUT2D eigenvalue weighted by Gasteiger charge is 2.37. The highest BCUT2D eigenvalue weighted by Crippen LogP contribution is 2.33. The van der Waals surface area contributed by atoms with E-state index in [1.54, 1.807) is 4.90 Å². The summed E-state index contributed by atoms with van der Waals surface area (Å²) in [4.78, 5) is 26.0. The zero-order chi connectivity index (χ0) is 18.1. The number of morpholine rings is 1. The number of amides is 2. The molecule has 6 nitrogen and oxygen atoms in total. The SMILES string of the molecule is O=C(Nc1ccc(C(O)C2COCC(=O)N2CC2CC2)cc1)C1CCC1. The minimum Gasteiger partial charge on any atom is -0.386 e. The second-order valence-electron chi connectivity index (χ2n) is 7.76. The van der Waals surface area contributed by atoms with E-state index in [1.165, 1.54) is 0 Å². The van der Waals surface area contributed by atoms with Crippen molar-refractivity contribution in [3.63, 3.8) is 0 Å². The van der Waals surface area contributed by atoms with Gasteiger partial charge in [0.15, 0.2) is 0 Å². The molecule has 2 unspecified atom stereocenters. The van der Waals surface area contributed by atoms with E-state index in [2.05, 4.69) is 5.32 Å². The van der Waals surface area contributed by atoms with E-state index in [9.17, 15) is 14.7 Å². The van der Waals surface area contributed by atoms with Crippen LogP contribution in [0.15, 0.2) is 24.3 Å². The third-order valence-electron chi connectivity index (χ3n) is 5.75. The first-order valence-electron chi connectivity index (χ1n) is 9.58. The molecule has 1 saturated heterocycles. The normalized spacial score (nSPS) is 24.9. The summed E-state index contributed by atoms with van der Waals surface area (Å²) < 4.78 is 5.38. The zero-order valence-electron chi connectivity index (χ0n) is 14.9. The fourth-order valence-corrected chi connectivity index (χ4v) is 3.60. The first-order chi connectivity index (χ1) is 12.6. The minimum atomic E-state index is -0.797. The Morgan fingerprint density at radius 2 is 1.96 bits per heavy atom. The lowest BCUT2D eigenvalue weighted by atomic mass is 9.85. The standard InChI is InChI=1S/C20H26N2O4/c23-18-12-26-11-17(22(18)10-13-4-5-13)19(24)14-6-8-16(9-7-14)21-20(25)15-2-1-3-15/h6-9,13,15,17,19,24H,1-5,10-12H2,(H,21,25). The number of nitrogens with one attached hydrogen (secondary N) is 1. The summed E-state index contributed by atoms with van der Waals surface area (Å²) in [6, 6.07) is 6.90. The molecule has 1 aromatic carbocycles.